The third kappa shape index (κ3) is 4.21. The molecule has 0 aliphatic rings. The van der Waals surface area contributed by atoms with E-state index in [4.69, 9.17) is 0 Å². The number of aromatic nitrogens is 1. The molecule has 1 aromatic carbocycles. The molecule has 0 amide bonds. The summed E-state index contributed by atoms with van der Waals surface area (Å²) in [4.78, 5) is 4.16. The largest absolute Gasteiger partial charge is 0.340 e. The van der Waals surface area contributed by atoms with Crippen LogP contribution in [0.25, 0.3) is 0 Å². The van der Waals surface area contributed by atoms with E-state index < -0.39 is 10.0 Å². The number of anilines is 3. The van der Waals surface area contributed by atoms with Gasteiger partial charge >= 0.3 is 0 Å². The van der Waals surface area contributed by atoms with Gasteiger partial charge in [-0.1, -0.05) is 15.9 Å². The van der Waals surface area contributed by atoms with Crippen LogP contribution in [0.15, 0.2) is 41.0 Å². The average molecular weight is 356 g/mol. The quantitative estimate of drug-likeness (QED) is 0.882. The Hall–Kier alpha value is -1.60. The van der Waals surface area contributed by atoms with Gasteiger partial charge < -0.3 is 5.32 Å². The number of aryl methyl sites for hydroxylation is 1. The molecule has 5 nitrogen and oxygen atoms in total. The molecule has 0 aliphatic carbocycles. The molecule has 0 saturated carbocycles. The molecule has 2 aromatic rings. The number of nitrogens with one attached hydrogen (secondary N) is 2. The maximum Gasteiger partial charge on any atom is 0.229 e. The normalized spacial score (nSPS) is 11.2. The van der Waals surface area contributed by atoms with Crippen molar-refractivity contribution in [2.75, 3.05) is 16.3 Å². The van der Waals surface area contributed by atoms with Crippen LogP contribution in [0.4, 0.5) is 17.2 Å². The van der Waals surface area contributed by atoms with Crippen molar-refractivity contribution in [3.8, 4) is 0 Å². The predicted molar refractivity (Wildman–Crippen MR) is 84.9 cm³/mol. The van der Waals surface area contributed by atoms with E-state index in [2.05, 4.69) is 31.0 Å². The van der Waals surface area contributed by atoms with Gasteiger partial charge in [0.1, 0.15) is 5.82 Å². The predicted octanol–water partition coefficient (Wildman–Crippen LogP) is 3.27. The minimum atomic E-state index is -3.27. The van der Waals surface area contributed by atoms with Crippen LogP contribution in [0, 0.1) is 6.92 Å². The van der Waals surface area contributed by atoms with Gasteiger partial charge in [0.15, 0.2) is 0 Å². The second kappa shape index (κ2) is 5.80. The molecule has 20 heavy (non-hydrogen) atoms. The van der Waals surface area contributed by atoms with Crippen molar-refractivity contribution in [3.05, 3.63) is 46.6 Å². The number of halogens is 1. The molecule has 0 atom stereocenters. The molecule has 2 N–H and O–H groups in total. The number of benzene rings is 1. The van der Waals surface area contributed by atoms with E-state index in [1.807, 2.05) is 25.1 Å². The van der Waals surface area contributed by atoms with Crippen molar-refractivity contribution < 1.29 is 8.42 Å². The highest BCUT2D eigenvalue weighted by Crippen LogP contribution is 2.22. The summed E-state index contributed by atoms with van der Waals surface area (Å²) in [5.41, 5.74) is 2.47. The van der Waals surface area contributed by atoms with Gasteiger partial charge in [-0.05, 0) is 42.8 Å². The monoisotopic (exact) mass is 355 g/mol. The van der Waals surface area contributed by atoms with Crippen LogP contribution in [0.1, 0.15) is 5.56 Å². The zero-order chi connectivity index (χ0) is 14.8. The Bertz CT molecular complexity index is 715. The minimum Gasteiger partial charge on any atom is -0.340 e. The molecule has 0 bridgehead atoms. The summed E-state index contributed by atoms with van der Waals surface area (Å²) in [6, 6.07) is 9.25. The zero-order valence-corrected chi connectivity index (χ0v) is 13.4. The first-order valence-corrected chi connectivity index (χ1v) is 8.49. The standard InChI is InChI=1S/C13H14BrN3O2S/c1-9-7-10(3-5-12(9)14)16-13-6-4-11(8-15-13)17-20(2,18)19/h3-8,17H,1-2H3,(H,15,16). The summed E-state index contributed by atoms with van der Waals surface area (Å²) >= 11 is 3.44. The van der Waals surface area contributed by atoms with Gasteiger partial charge in [0.2, 0.25) is 10.0 Å². The first-order valence-electron chi connectivity index (χ1n) is 5.80. The lowest BCUT2D eigenvalue weighted by Gasteiger charge is -2.08. The van der Waals surface area contributed by atoms with Crippen molar-refractivity contribution in [1.29, 1.82) is 0 Å². The molecule has 0 aliphatic heterocycles. The van der Waals surface area contributed by atoms with Crippen molar-refractivity contribution >= 4 is 43.1 Å². The fraction of sp³-hybridized carbons (Fsp3) is 0.154. The highest BCUT2D eigenvalue weighted by atomic mass is 79.9. The first kappa shape index (κ1) is 14.8. The number of sulfonamides is 1. The van der Waals surface area contributed by atoms with Crippen LogP contribution in [-0.4, -0.2) is 19.7 Å². The summed E-state index contributed by atoms with van der Waals surface area (Å²) in [5, 5.41) is 3.15. The average Bonchev–Trinajstić information content (AvgIpc) is 2.35. The molecule has 1 aromatic heterocycles. The minimum absolute atomic E-state index is 0.435. The van der Waals surface area contributed by atoms with Crippen LogP contribution in [0.2, 0.25) is 0 Å². The highest BCUT2D eigenvalue weighted by molar-refractivity contribution is 9.10. The van der Waals surface area contributed by atoms with E-state index in [1.165, 1.54) is 6.20 Å². The number of pyridine rings is 1. The van der Waals surface area contributed by atoms with Crippen molar-refractivity contribution in [1.82, 2.24) is 4.98 Å². The summed E-state index contributed by atoms with van der Waals surface area (Å²) in [7, 11) is -3.27. The molecule has 0 spiro atoms. The zero-order valence-electron chi connectivity index (χ0n) is 11.0. The van der Waals surface area contributed by atoms with E-state index in [0.29, 0.717) is 11.5 Å². The molecular weight excluding hydrogens is 342 g/mol. The fourth-order valence-corrected chi connectivity index (χ4v) is 2.41. The van der Waals surface area contributed by atoms with Gasteiger partial charge in [0.25, 0.3) is 0 Å². The van der Waals surface area contributed by atoms with E-state index in [0.717, 1.165) is 22.0 Å². The Balaban J connectivity index is 2.12. The molecule has 0 fully saturated rings. The lowest BCUT2D eigenvalue weighted by molar-refractivity contribution is 0.607. The van der Waals surface area contributed by atoms with Crippen LogP contribution >= 0.6 is 15.9 Å². The molecule has 0 unspecified atom stereocenters. The lowest BCUT2D eigenvalue weighted by Crippen LogP contribution is -2.09. The number of hydrogen-bond donors (Lipinski definition) is 2. The van der Waals surface area contributed by atoms with Crippen LogP contribution in [-0.2, 0) is 10.0 Å². The van der Waals surface area contributed by atoms with Crippen LogP contribution in [0.3, 0.4) is 0 Å². The second-order valence-electron chi connectivity index (χ2n) is 4.40. The van der Waals surface area contributed by atoms with E-state index in [1.54, 1.807) is 12.1 Å². The molecule has 7 heteroatoms. The molecule has 0 radical (unpaired) electrons. The van der Waals surface area contributed by atoms with Gasteiger partial charge in [-0.2, -0.15) is 0 Å². The van der Waals surface area contributed by atoms with Gasteiger partial charge in [-0.25, -0.2) is 13.4 Å². The fourth-order valence-electron chi connectivity index (χ4n) is 1.61. The van der Waals surface area contributed by atoms with Crippen molar-refractivity contribution in [2.45, 2.75) is 6.92 Å². The Morgan fingerprint density at radius 2 is 1.85 bits per heavy atom. The van der Waals surface area contributed by atoms with E-state index >= 15 is 0 Å². The third-order valence-electron chi connectivity index (χ3n) is 2.50. The highest BCUT2D eigenvalue weighted by Gasteiger charge is 2.03. The topological polar surface area (TPSA) is 71.1 Å². The number of hydrogen-bond acceptors (Lipinski definition) is 4. The first-order chi connectivity index (χ1) is 9.33. The smallest absolute Gasteiger partial charge is 0.229 e. The van der Waals surface area contributed by atoms with Crippen LogP contribution in [0.5, 0.6) is 0 Å². The Labute approximate surface area is 126 Å². The molecule has 1 heterocycles. The Kier molecular flexibility index (Phi) is 4.29. The SMILES string of the molecule is Cc1cc(Nc2ccc(NS(C)(=O)=O)cn2)ccc1Br. The Morgan fingerprint density at radius 3 is 2.40 bits per heavy atom. The molecule has 2 rings (SSSR count). The number of rotatable bonds is 4. The molecule has 106 valence electrons. The summed E-state index contributed by atoms with van der Waals surface area (Å²) in [6.07, 6.45) is 2.57. The second-order valence-corrected chi connectivity index (χ2v) is 7.00. The lowest BCUT2D eigenvalue weighted by atomic mass is 10.2. The van der Waals surface area contributed by atoms with Crippen molar-refractivity contribution in [3.63, 3.8) is 0 Å². The van der Waals surface area contributed by atoms with Crippen molar-refractivity contribution in [2.24, 2.45) is 0 Å². The number of nitrogens with zero attached hydrogens (tertiary/aromatic N) is 1. The summed E-state index contributed by atoms with van der Waals surface area (Å²) in [6.45, 7) is 2.00. The summed E-state index contributed by atoms with van der Waals surface area (Å²) < 4.78 is 25.6. The van der Waals surface area contributed by atoms with Gasteiger partial charge in [-0.15, -0.1) is 0 Å². The maximum atomic E-state index is 11.1. The molecule has 0 saturated heterocycles. The summed E-state index contributed by atoms with van der Waals surface area (Å²) in [5.74, 6) is 0.644. The molecular formula is C13H14BrN3O2S. The maximum absolute atomic E-state index is 11.1. The van der Waals surface area contributed by atoms with Gasteiger partial charge in [0, 0.05) is 10.2 Å². The Morgan fingerprint density at radius 1 is 1.15 bits per heavy atom. The third-order valence-corrected chi connectivity index (χ3v) is 3.99. The van der Waals surface area contributed by atoms with E-state index in [9.17, 15) is 8.42 Å². The van der Waals surface area contributed by atoms with Gasteiger partial charge in [0.05, 0.1) is 18.1 Å². The van der Waals surface area contributed by atoms with Crippen LogP contribution < -0.4 is 10.0 Å². The van der Waals surface area contributed by atoms with E-state index in [-0.39, 0.29) is 0 Å². The van der Waals surface area contributed by atoms with Gasteiger partial charge in [-0.3, -0.25) is 4.72 Å².